The monoisotopic (exact) mass is 395 g/mol. The van der Waals surface area contributed by atoms with E-state index in [-0.39, 0.29) is 11.7 Å². The van der Waals surface area contributed by atoms with Gasteiger partial charge in [-0.15, -0.1) is 0 Å². The maximum Gasteiger partial charge on any atom is 0.256 e. The Hall–Kier alpha value is -4.12. The van der Waals surface area contributed by atoms with Crippen LogP contribution in [0.2, 0.25) is 0 Å². The highest BCUT2D eigenvalue weighted by molar-refractivity contribution is 6.04. The molecule has 0 atom stereocenters. The lowest BCUT2D eigenvalue weighted by Crippen LogP contribution is -2.14. The average molecular weight is 395 g/mol. The Bertz CT molecular complexity index is 1170. The molecule has 5 heteroatoms. The van der Waals surface area contributed by atoms with E-state index in [2.05, 4.69) is 15.3 Å². The number of carbonyl (C=O) groups excluding carboxylic acids is 1. The predicted octanol–water partition coefficient (Wildman–Crippen LogP) is 5.71. The molecule has 0 unspecified atom stereocenters. The van der Waals surface area contributed by atoms with Gasteiger partial charge >= 0.3 is 0 Å². The first-order valence-corrected chi connectivity index (χ1v) is 9.41. The number of carbonyl (C=O) groups is 1. The standard InChI is InChI=1S/C25H18FN3O/c26-21-14-12-19(13-15-21)23-17-27-24(29-25(30)20-9-5-2-6-10-20)22(28-23)16-11-18-7-3-1-4-8-18/h1-17H,(H,27,29,30)/b16-11+. The number of rotatable bonds is 5. The molecule has 1 amide bonds. The van der Waals surface area contributed by atoms with Crippen molar-refractivity contribution in [2.75, 3.05) is 5.32 Å². The number of nitrogens with zero attached hydrogens (tertiary/aromatic N) is 2. The van der Waals surface area contributed by atoms with E-state index < -0.39 is 0 Å². The minimum atomic E-state index is -0.317. The Labute approximate surface area is 173 Å². The van der Waals surface area contributed by atoms with E-state index in [1.807, 2.05) is 42.5 Å². The Balaban J connectivity index is 1.70. The second-order valence-corrected chi connectivity index (χ2v) is 6.56. The smallest absolute Gasteiger partial charge is 0.256 e. The van der Waals surface area contributed by atoms with Crippen LogP contribution in [0.25, 0.3) is 23.4 Å². The fourth-order valence-electron chi connectivity index (χ4n) is 2.88. The fourth-order valence-corrected chi connectivity index (χ4v) is 2.88. The molecule has 0 saturated heterocycles. The lowest BCUT2D eigenvalue weighted by atomic mass is 10.1. The molecule has 0 spiro atoms. The van der Waals surface area contributed by atoms with E-state index in [0.29, 0.717) is 22.8 Å². The maximum atomic E-state index is 13.3. The van der Waals surface area contributed by atoms with E-state index in [0.717, 1.165) is 11.1 Å². The second-order valence-electron chi connectivity index (χ2n) is 6.56. The van der Waals surface area contributed by atoms with E-state index in [4.69, 9.17) is 0 Å². The summed E-state index contributed by atoms with van der Waals surface area (Å²) in [5, 5.41) is 2.83. The number of aromatic nitrogens is 2. The fraction of sp³-hybridized carbons (Fsp3) is 0. The van der Waals surface area contributed by atoms with Gasteiger partial charge in [0.1, 0.15) is 11.5 Å². The first-order chi connectivity index (χ1) is 14.7. The molecule has 0 aliphatic heterocycles. The van der Waals surface area contributed by atoms with Crippen molar-refractivity contribution in [3.8, 4) is 11.3 Å². The molecule has 1 N–H and O–H groups in total. The zero-order valence-electron chi connectivity index (χ0n) is 16.0. The Morgan fingerprint density at radius 1 is 0.833 bits per heavy atom. The first-order valence-electron chi connectivity index (χ1n) is 9.41. The topological polar surface area (TPSA) is 54.9 Å². The lowest BCUT2D eigenvalue weighted by molar-refractivity contribution is 0.102. The van der Waals surface area contributed by atoms with Gasteiger partial charge in [0.25, 0.3) is 5.91 Å². The molecule has 4 nitrogen and oxygen atoms in total. The molecule has 30 heavy (non-hydrogen) atoms. The number of hydrogen-bond donors (Lipinski definition) is 1. The summed E-state index contributed by atoms with van der Waals surface area (Å²) in [6, 6.07) is 24.7. The second kappa shape index (κ2) is 8.92. The van der Waals surface area contributed by atoms with Crippen molar-refractivity contribution in [2.45, 2.75) is 0 Å². The van der Waals surface area contributed by atoms with Gasteiger partial charge in [0.15, 0.2) is 5.82 Å². The number of halogens is 1. The molecule has 0 radical (unpaired) electrons. The number of hydrogen-bond acceptors (Lipinski definition) is 3. The summed E-state index contributed by atoms with van der Waals surface area (Å²) in [6.45, 7) is 0. The summed E-state index contributed by atoms with van der Waals surface area (Å²) < 4.78 is 13.3. The van der Waals surface area contributed by atoms with Gasteiger partial charge < -0.3 is 5.32 Å². The van der Waals surface area contributed by atoms with Crippen LogP contribution in [0.3, 0.4) is 0 Å². The largest absolute Gasteiger partial charge is 0.305 e. The third kappa shape index (κ3) is 4.64. The van der Waals surface area contributed by atoms with Crippen LogP contribution in [-0.4, -0.2) is 15.9 Å². The highest BCUT2D eigenvalue weighted by Crippen LogP contribution is 2.22. The van der Waals surface area contributed by atoms with Crippen molar-refractivity contribution < 1.29 is 9.18 Å². The zero-order valence-corrected chi connectivity index (χ0v) is 16.0. The third-order valence-electron chi connectivity index (χ3n) is 4.44. The summed E-state index contributed by atoms with van der Waals surface area (Å²) in [5.74, 6) is -0.238. The van der Waals surface area contributed by atoms with Gasteiger partial charge in [0.05, 0.1) is 11.9 Å². The quantitative estimate of drug-likeness (QED) is 0.471. The van der Waals surface area contributed by atoms with Crippen molar-refractivity contribution in [2.24, 2.45) is 0 Å². The van der Waals surface area contributed by atoms with Crippen LogP contribution >= 0.6 is 0 Å². The van der Waals surface area contributed by atoms with Gasteiger partial charge in [0.2, 0.25) is 0 Å². The summed E-state index contributed by atoms with van der Waals surface area (Å²) >= 11 is 0. The number of benzene rings is 3. The van der Waals surface area contributed by atoms with Crippen LogP contribution < -0.4 is 5.32 Å². The molecule has 0 aliphatic carbocycles. The van der Waals surface area contributed by atoms with Crippen LogP contribution in [0.15, 0.2) is 91.1 Å². The van der Waals surface area contributed by atoms with Crippen LogP contribution in [0.4, 0.5) is 10.2 Å². The lowest BCUT2D eigenvalue weighted by Gasteiger charge is -2.09. The van der Waals surface area contributed by atoms with Gasteiger partial charge in [0, 0.05) is 11.1 Å². The average Bonchev–Trinajstić information content (AvgIpc) is 2.80. The number of amides is 1. The molecule has 0 bridgehead atoms. The van der Waals surface area contributed by atoms with Gasteiger partial charge in [-0.1, -0.05) is 54.6 Å². The summed E-state index contributed by atoms with van der Waals surface area (Å²) in [5.41, 5.74) is 3.34. The normalized spacial score (nSPS) is 10.8. The summed E-state index contributed by atoms with van der Waals surface area (Å²) in [6.07, 6.45) is 5.26. The SMILES string of the molecule is O=C(Nc1ncc(-c2ccc(F)cc2)nc1/C=C/c1ccccc1)c1ccccc1. The number of anilines is 1. The number of nitrogens with one attached hydrogen (secondary N) is 1. The van der Waals surface area contributed by atoms with Crippen molar-refractivity contribution in [1.82, 2.24) is 9.97 Å². The molecule has 1 heterocycles. The molecule has 146 valence electrons. The van der Waals surface area contributed by atoms with E-state index >= 15 is 0 Å². The van der Waals surface area contributed by atoms with Crippen LogP contribution in [0.5, 0.6) is 0 Å². The third-order valence-corrected chi connectivity index (χ3v) is 4.44. The van der Waals surface area contributed by atoms with Gasteiger partial charge in [-0.05, 0) is 48.0 Å². The van der Waals surface area contributed by atoms with Gasteiger partial charge in [-0.25, -0.2) is 14.4 Å². The molecule has 4 aromatic rings. The van der Waals surface area contributed by atoms with E-state index in [1.165, 1.54) is 12.1 Å². The molecule has 0 saturated carbocycles. The first kappa shape index (κ1) is 19.2. The molecular weight excluding hydrogens is 377 g/mol. The zero-order chi connectivity index (χ0) is 20.8. The summed E-state index contributed by atoms with van der Waals surface area (Å²) in [4.78, 5) is 21.7. The minimum absolute atomic E-state index is 0.270. The highest BCUT2D eigenvalue weighted by atomic mass is 19.1. The van der Waals surface area contributed by atoms with Crippen molar-refractivity contribution >= 4 is 23.9 Å². The van der Waals surface area contributed by atoms with Crippen LogP contribution in [0, 0.1) is 5.82 Å². The maximum absolute atomic E-state index is 13.3. The van der Waals surface area contributed by atoms with E-state index in [1.54, 1.807) is 48.7 Å². The summed E-state index contributed by atoms with van der Waals surface area (Å²) in [7, 11) is 0. The molecular formula is C25H18FN3O. The molecule has 1 aromatic heterocycles. The van der Waals surface area contributed by atoms with Crippen molar-refractivity contribution in [1.29, 1.82) is 0 Å². The van der Waals surface area contributed by atoms with Gasteiger partial charge in [-0.3, -0.25) is 4.79 Å². The molecule has 0 fully saturated rings. The minimum Gasteiger partial charge on any atom is -0.305 e. The Morgan fingerprint density at radius 2 is 1.50 bits per heavy atom. The highest BCUT2D eigenvalue weighted by Gasteiger charge is 2.12. The molecule has 3 aromatic carbocycles. The van der Waals surface area contributed by atoms with Crippen molar-refractivity contribution in [3.63, 3.8) is 0 Å². The van der Waals surface area contributed by atoms with Crippen LogP contribution in [0.1, 0.15) is 21.6 Å². The van der Waals surface area contributed by atoms with E-state index in [9.17, 15) is 9.18 Å². The Morgan fingerprint density at radius 3 is 2.20 bits per heavy atom. The van der Waals surface area contributed by atoms with Crippen LogP contribution in [-0.2, 0) is 0 Å². The Kier molecular flexibility index (Phi) is 5.71. The molecule has 4 rings (SSSR count). The predicted molar refractivity (Wildman–Crippen MR) is 117 cm³/mol. The van der Waals surface area contributed by atoms with Crippen molar-refractivity contribution in [3.05, 3.63) is 114 Å². The molecule has 0 aliphatic rings. The van der Waals surface area contributed by atoms with Gasteiger partial charge in [-0.2, -0.15) is 0 Å².